The predicted octanol–water partition coefficient (Wildman–Crippen LogP) is 2.85. The van der Waals surface area contributed by atoms with Crippen LogP contribution in [0.1, 0.15) is 12.8 Å². The van der Waals surface area contributed by atoms with Crippen LogP contribution >= 0.6 is 0 Å². The molecule has 1 aliphatic rings. The van der Waals surface area contributed by atoms with E-state index in [0.717, 1.165) is 0 Å². The lowest BCUT2D eigenvalue weighted by Crippen LogP contribution is -2.24. The minimum absolute atomic E-state index is 0.148. The Morgan fingerprint density at radius 3 is 1.55 bits per heavy atom. The summed E-state index contributed by atoms with van der Waals surface area (Å²) in [5.41, 5.74) is 6.27. The molecular weight excluding hydrogens is 319 g/mol. The highest BCUT2D eigenvalue weighted by molar-refractivity contribution is 6.00. The van der Waals surface area contributed by atoms with Crippen molar-refractivity contribution in [3.05, 3.63) is 39.5 Å². The van der Waals surface area contributed by atoms with E-state index in [1.165, 1.54) is 0 Å². The fourth-order valence-electron chi connectivity index (χ4n) is 1.29. The van der Waals surface area contributed by atoms with Gasteiger partial charge in [0.25, 0.3) is 11.8 Å². The van der Waals surface area contributed by atoms with Crippen LogP contribution in [0.15, 0.2) is 5.11 Å². The van der Waals surface area contributed by atoms with Gasteiger partial charge in [0.15, 0.2) is 23.3 Å². The monoisotopic (exact) mass is 324 g/mol. The molecule has 1 aliphatic heterocycles. The standard InChI is InChI=1S/C6F5N3.C4H5NO3/c7-1-2(8)4(10)6(13-14-12)5(11)3(1)9;6-3-1-2-4(7)5(3)8/h;8H,1-2H2. The lowest BCUT2D eigenvalue weighted by Gasteiger charge is -2.02. The first-order valence-electron chi connectivity index (χ1n) is 5.33. The first-order chi connectivity index (χ1) is 10.2. The Balaban J connectivity index is 0.000000255. The van der Waals surface area contributed by atoms with Crippen molar-refractivity contribution in [3.8, 4) is 0 Å². The zero-order chi connectivity index (χ0) is 17.0. The lowest BCUT2D eigenvalue weighted by molar-refractivity contribution is -0.171. The van der Waals surface area contributed by atoms with Crippen LogP contribution in [0.5, 0.6) is 0 Å². The van der Waals surface area contributed by atoms with E-state index in [0.29, 0.717) is 0 Å². The molecule has 0 aromatic heterocycles. The molecule has 118 valence electrons. The zero-order valence-corrected chi connectivity index (χ0v) is 10.4. The third-order valence-electron chi connectivity index (χ3n) is 2.36. The molecule has 0 bridgehead atoms. The molecule has 2 rings (SSSR count). The average molecular weight is 324 g/mol. The Morgan fingerprint density at radius 2 is 1.27 bits per heavy atom. The van der Waals surface area contributed by atoms with E-state index in [1.807, 2.05) is 4.91 Å². The van der Waals surface area contributed by atoms with E-state index >= 15 is 0 Å². The topological polar surface area (TPSA) is 106 Å². The number of hydrogen-bond donors (Lipinski definition) is 1. The van der Waals surface area contributed by atoms with E-state index in [-0.39, 0.29) is 17.9 Å². The van der Waals surface area contributed by atoms with Crippen molar-refractivity contribution in [1.82, 2.24) is 5.06 Å². The highest BCUT2D eigenvalue weighted by atomic mass is 19.2. The normalized spacial score (nSPS) is 13.6. The molecule has 1 fully saturated rings. The molecule has 0 saturated carbocycles. The van der Waals surface area contributed by atoms with Crippen molar-refractivity contribution in [3.63, 3.8) is 0 Å². The maximum Gasteiger partial charge on any atom is 0.253 e. The summed E-state index contributed by atoms with van der Waals surface area (Å²) in [6.45, 7) is 0. The van der Waals surface area contributed by atoms with E-state index in [2.05, 4.69) is 5.11 Å². The molecule has 1 aromatic carbocycles. The molecule has 0 spiro atoms. The molecule has 0 radical (unpaired) electrons. The third-order valence-corrected chi connectivity index (χ3v) is 2.36. The minimum Gasteiger partial charge on any atom is -0.279 e. The summed E-state index contributed by atoms with van der Waals surface area (Å²) in [6, 6.07) is 0. The number of carbonyl (C=O) groups is 2. The maximum absolute atomic E-state index is 12.6. The molecule has 12 heteroatoms. The summed E-state index contributed by atoms with van der Waals surface area (Å²) < 4.78 is 62.3. The molecule has 1 saturated heterocycles. The van der Waals surface area contributed by atoms with Crippen LogP contribution in [0.25, 0.3) is 10.4 Å². The van der Waals surface area contributed by atoms with Gasteiger partial charge in [-0.3, -0.25) is 14.8 Å². The molecule has 0 atom stereocenters. The van der Waals surface area contributed by atoms with Gasteiger partial charge in [0.05, 0.1) is 0 Å². The van der Waals surface area contributed by atoms with Gasteiger partial charge in [0.1, 0.15) is 5.69 Å². The fourth-order valence-corrected chi connectivity index (χ4v) is 1.29. The molecule has 0 unspecified atom stereocenters. The lowest BCUT2D eigenvalue weighted by atomic mass is 10.2. The number of rotatable bonds is 1. The number of azide groups is 1. The summed E-state index contributed by atoms with van der Waals surface area (Å²) in [4.78, 5) is 22.4. The first kappa shape index (κ1) is 17.3. The average Bonchev–Trinajstić information content (AvgIpc) is 2.79. The number of imide groups is 1. The second kappa shape index (κ2) is 6.83. The largest absolute Gasteiger partial charge is 0.279 e. The van der Waals surface area contributed by atoms with Gasteiger partial charge in [-0.25, -0.2) is 22.0 Å². The second-order valence-corrected chi connectivity index (χ2v) is 3.71. The summed E-state index contributed by atoms with van der Waals surface area (Å²) >= 11 is 0. The molecule has 7 nitrogen and oxygen atoms in total. The van der Waals surface area contributed by atoms with Gasteiger partial charge in [-0.15, -0.1) is 0 Å². The van der Waals surface area contributed by atoms with Crippen LogP contribution in [0.4, 0.5) is 27.6 Å². The third kappa shape index (κ3) is 3.30. The van der Waals surface area contributed by atoms with E-state index in [1.54, 1.807) is 0 Å². The van der Waals surface area contributed by atoms with Crippen molar-refractivity contribution in [1.29, 1.82) is 0 Å². The molecule has 0 aliphatic carbocycles. The van der Waals surface area contributed by atoms with Gasteiger partial charge < -0.3 is 0 Å². The van der Waals surface area contributed by atoms with Gasteiger partial charge in [-0.1, -0.05) is 5.11 Å². The molecule has 1 N–H and O–H groups in total. The Kier molecular flexibility index (Phi) is 5.38. The number of carbonyl (C=O) groups excluding carboxylic acids is 2. The second-order valence-electron chi connectivity index (χ2n) is 3.71. The Bertz CT molecular complexity index is 645. The molecular formula is C10H5F5N4O3. The molecule has 22 heavy (non-hydrogen) atoms. The summed E-state index contributed by atoms with van der Waals surface area (Å²) in [5, 5.41) is 10.9. The number of benzene rings is 1. The van der Waals surface area contributed by atoms with E-state index in [9.17, 15) is 31.5 Å². The molecule has 2 amide bonds. The van der Waals surface area contributed by atoms with E-state index in [4.69, 9.17) is 10.7 Å². The minimum atomic E-state index is -2.29. The van der Waals surface area contributed by atoms with Gasteiger partial charge in [-0.2, -0.15) is 5.06 Å². The van der Waals surface area contributed by atoms with Crippen molar-refractivity contribution in [2.24, 2.45) is 5.11 Å². The number of halogens is 5. The maximum atomic E-state index is 12.6. The van der Waals surface area contributed by atoms with Gasteiger partial charge in [0.2, 0.25) is 5.82 Å². The van der Waals surface area contributed by atoms with Gasteiger partial charge in [-0.05, 0) is 5.53 Å². The fraction of sp³-hybridized carbons (Fsp3) is 0.200. The number of hydroxylamine groups is 2. The number of amides is 2. The van der Waals surface area contributed by atoms with E-state index < -0.39 is 46.6 Å². The summed E-state index contributed by atoms with van der Waals surface area (Å²) in [7, 11) is 0. The summed E-state index contributed by atoms with van der Waals surface area (Å²) in [6.07, 6.45) is 0.296. The molecule has 1 heterocycles. The Hall–Kier alpha value is -2.72. The first-order valence-corrected chi connectivity index (χ1v) is 5.33. The van der Waals surface area contributed by atoms with Crippen LogP contribution < -0.4 is 0 Å². The van der Waals surface area contributed by atoms with Crippen molar-refractivity contribution < 1.29 is 36.7 Å². The highest BCUT2D eigenvalue weighted by Gasteiger charge is 2.27. The predicted molar refractivity (Wildman–Crippen MR) is 57.9 cm³/mol. The van der Waals surface area contributed by atoms with Crippen LogP contribution in [0.3, 0.4) is 0 Å². The van der Waals surface area contributed by atoms with Crippen molar-refractivity contribution in [2.45, 2.75) is 12.8 Å². The number of nitrogens with zero attached hydrogens (tertiary/aromatic N) is 4. The van der Waals surface area contributed by atoms with Crippen molar-refractivity contribution >= 4 is 17.5 Å². The Morgan fingerprint density at radius 1 is 0.909 bits per heavy atom. The smallest absolute Gasteiger partial charge is 0.253 e. The van der Waals surface area contributed by atoms with Gasteiger partial charge in [0, 0.05) is 17.8 Å². The quantitative estimate of drug-likeness (QED) is 0.125. The van der Waals surface area contributed by atoms with Crippen LogP contribution in [-0.2, 0) is 9.59 Å². The van der Waals surface area contributed by atoms with Crippen LogP contribution in [0.2, 0.25) is 0 Å². The Labute approximate surface area is 118 Å². The zero-order valence-electron chi connectivity index (χ0n) is 10.4. The number of hydrogen-bond acceptors (Lipinski definition) is 4. The van der Waals surface area contributed by atoms with Crippen molar-refractivity contribution in [2.75, 3.05) is 0 Å². The molecule has 1 aromatic rings. The SMILES string of the molecule is O=C1CCC(=O)N1O.[N-]=[N+]=Nc1c(F)c(F)c(F)c(F)c1F. The van der Waals surface area contributed by atoms with Crippen LogP contribution in [-0.4, -0.2) is 22.1 Å². The van der Waals surface area contributed by atoms with Gasteiger partial charge >= 0.3 is 0 Å². The summed E-state index contributed by atoms with van der Waals surface area (Å²) in [5.74, 6) is -11.9. The highest BCUT2D eigenvalue weighted by Crippen LogP contribution is 2.29. The van der Waals surface area contributed by atoms with Crippen LogP contribution in [0, 0.1) is 29.1 Å².